The van der Waals surface area contributed by atoms with Crippen molar-refractivity contribution < 1.29 is 36.6 Å². The van der Waals surface area contributed by atoms with E-state index in [1.54, 1.807) is 6.92 Å². The topological polar surface area (TPSA) is 124 Å². The molecule has 0 aliphatic heterocycles. The SMILES string of the molecule is CCn1c(CO)nn(-c2nc(O[C@@H](C)C(F)(F)F)c(C(=O)Nc3cc(C)ncc3F)cc2F)c1=O. The highest BCUT2D eigenvalue weighted by atomic mass is 19.4. The summed E-state index contributed by atoms with van der Waals surface area (Å²) < 4.78 is 74.6. The Kier molecular flexibility index (Phi) is 7.19. The highest BCUT2D eigenvalue weighted by molar-refractivity contribution is 6.06. The van der Waals surface area contributed by atoms with Gasteiger partial charge in [-0.2, -0.15) is 22.8 Å². The summed E-state index contributed by atoms with van der Waals surface area (Å²) in [5.74, 6) is -5.52. The number of aliphatic hydroxyl groups excluding tert-OH is 1. The Labute approximate surface area is 194 Å². The number of hydrogen-bond donors (Lipinski definition) is 2. The maximum Gasteiger partial charge on any atom is 0.425 e. The number of carbonyl (C=O) groups excluding carboxylic acids is 1. The van der Waals surface area contributed by atoms with Crippen LogP contribution < -0.4 is 15.7 Å². The van der Waals surface area contributed by atoms with Gasteiger partial charge in [0.2, 0.25) is 5.88 Å². The molecule has 1 amide bonds. The van der Waals surface area contributed by atoms with Crippen LogP contribution in [0.5, 0.6) is 5.88 Å². The number of nitrogens with one attached hydrogen (secondary N) is 1. The summed E-state index contributed by atoms with van der Waals surface area (Å²) in [6.07, 6.45) is -6.56. The fourth-order valence-corrected chi connectivity index (χ4v) is 2.94. The lowest BCUT2D eigenvalue weighted by Gasteiger charge is -2.19. The Morgan fingerprint density at radius 2 is 1.94 bits per heavy atom. The Hall–Kier alpha value is -3.88. The first-order valence-corrected chi connectivity index (χ1v) is 10.0. The Morgan fingerprint density at radius 3 is 2.51 bits per heavy atom. The number of nitrogens with zero attached hydrogens (tertiary/aromatic N) is 5. The second-order valence-corrected chi connectivity index (χ2v) is 7.22. The van der Waals surface area contributed by atoms with E-state index in [0.717, 1.165) is 16.8 Å². The van der Waals surface area contributed by atoms with E-state index in [1.165, 1.54) is 6.92 Å². The third-order valence-corrected chi connectivity index (χ3v) is 4.75. The number of hydrogen-bond acceptors (Lipinski definition) is 7. The monoisotopic (exact) mass is 502 g/mol. The van der Waals surface area contributed by atoms with E-state index in [-0.39, 0.29) is 18.1 Å². The number of aryl methyl sites for hydroxylation is 1. The lowest BCUT2D eigenvalue weighted by atomic mass is 10.2. The van der Waals surface area contributed by atoms with Crippen molar-refractivity contribution in [1.82, 2.24) is 24.3 Å². The molecule has 0 bridgehead atoms. The number of rotatable bonds is 7. The van der Waals surface area contributed by atoms with Gasteiger partial charge in [0.15, 0.2) is 29.4 Å². The number of alkyl halides is 3. The maximum absolute atomic E-state index is 15.0. The van der Waals surface area contributed by atoms with Crippen LogP contribution in [0.15, 0.2) is 23.1 Å². The van der Waals surface area contributed by atoms with Crippen molar-refractivity contribution >= 4 is 11.6 Å². The van der Waals surface area contributed by atoms with Crippen molar-refractivity contribution in [2.75, 3.05) is 5.32 Å². The van der Waals surface area contributed by atoms with Crippen molar-refractivity contribution in [2.45, 2.75) is 46.2 Å². The van der Waals surface area contributed by atoms with E-state index in [9.17, 15) is 36.6 Å². The van der Waals surface area contributed by atoms with Gasteiger partial charge in [-0.25, -0.2) is 13.6 Å². The fraction of sp³-hybridized carbons (Fsp3) is 0.350. The quantitative estimate of drug-likeness (QED) is 0.476. The standard InChI is InChI=1S/C20H19F5N6O4/c1-4-30-15(8-32)29-31(19(30)34)16-12(21)6-11(18(28-16)35-10(3)20(23,24)25)17(33)27-14-5-9(2)26-7-13(14)22/h5-7,10,32H,4,8H2,1-3H3,(H,26,27,33)/t10-/m0/s1. The van der Waals surface area contributed by atoms with Crippen LogP contribution in [0.1, 0.15) is 35.7 Å². The molecule has 35 heavy (non-hydrogen) atoms. The average molecular weight is 502 g/mol. The summed E-state index contributed by atoms with van der Waals surface area (Å²) in [4.78, 5) is 32.6. The van der Waals surface area contributed by atoms with Crippen LogP contribution in [0.3, 0.4) is 0 Å². The van der Waals surface area contributed by atoms with Crippen LogP contribution in [-0.4, -0.2) is 47.6 Å². The van der Waals surface area contributed by atoms with Gasteiger partial charge < -0.3 is 15.2 Å². The van der Waals surface area contributed by atoms with Gasteiger partial charge in [0, 0.05) is 12.2 Å². The molecule has 0 aliphatic carbocycles. The Bertz CT molecular complexity index is 1320. The van der Waals surface area contributed by atoms with Gasteiger partial charge in [0.1, 0.15) is 12.2 Å². The third kappa shape index (κ3) is 5.29. The smallest absolute Gasteiger partial charge is 0.425 e. The van der Waals surface area contributed by atoms with Gasteiger partial charge in [-0.1, -0.05) is 0 Å². The van der Waals surface area contributed by atoms with Crippen LogP contribution in [0, 0.1) is 18.6 Å². The molecule has 3 aromatic rings. The van der Waals surface area contributed by atoms with E-state index in [0.29, 0.717) is 23.4 Å². The number of ether oxygens (including phenoxy) is 1. The number of anilines is 1. The number of carbonyl (C=O) groups is 1. The molecule has 15 heteroatoms. The zero-order valence-corrected chi connectivity index (χ0v) is 18.5. The first-order valence-electron chi connectivity index (χ1n) is 10.0. The molecule has 10 nitrogen and oxygen atoms in total. The zero-order valence-electron chi connectivity index (χ0n) is 18.5. The Morgan fingerprint density at radius 1 is 1.26 bits per heavy atom. The normalized spacial score (nSPS) is 12.5. The Balaban J connectivity index is 2.14. The van der Waals surface area contributed by atoms with E-state index >= 15 is 0 Å². The van der Waals surface area contributed by atoms with Crippen LogP contribution >= 0.6 is 0 Å². The van der Waals surface area contributed by atoms with Crippen molar-refractivity contribution in [3.05, 3.63) is 57.5 Å². The molecule has 2 N–H and O–H groups in total. The summed E-state index contributed by atoms with van der Waals surface area (Å²) in [5.41, 5.74) is -1.80. The second-order valence-electron chi connectivity index (χ2n) is 7.22. The van der Waals surface area contributed by atoms with Gasteiger partial charge in [-0.3, -0.25) is 14.3 Å². The molecule has 0 fully saturated rings. The van der Waals surface area contributed by atoms with Crippen molar-refractivity contribution in [3.63, 3.8) is 0 Å². The van der Waals surface area contributed by atoms with Crippen LogP contribution in [0.2, 0.25) is 0 Å². The molecule has 0 saturated heterocycles. The van der Waals surface area contributed by atoms with Gasteiger partial charge in [0.25, 0.3) is 5.91 Å². The lowest BCUT2D eigenvalue weighted by Crippen LogP contribution is -2.33. The van der Waals surface area contributed by atoms with Gasteiger partial charge >= 0.3 is 11.9 Å². The number of aliphatic hydroxyl groups is 1. The largest absolute Gasteiger partial charge is 0.464 e. The van der Waals surface area contributed by atoms with Gasteiger partial charge in [-0.05, 0) is 32.9 Å². The predicted octanol–water partition coefficient (Wildman–Crippen LogP) is 2.50. The number of halogens is 5. The van der Waals surface area contributed by atoms with E-state index in [1.807, 2.05) is 0 Å². The molecule has 0 aliphatic rings. The number of amides is 1. The predicted molar refractivity (Wildman–Crippen MR) is 110 cm³/mol. The van der Waals surface area contributed by atoms with Crippen LogP contribution in [0.25, 0.3) is 5.82 Å². The van der Waals surface area contributed by atoms with Crippen LogP contribution in [0.4, 0.5) is 27.6 Å². The summed E-state index contributed by atoms with van der Waals surface area (Å²) in [6, 6.07) is 1.63. The van der Waals surface area contributed by atoms with E-state index < -0.39 is 59.4 Å². The molecule has 3 aromatic heterocycles. The molecule has 0 aromatic carbocycles. The highest BCUT2D eigenvalue weighted by Crippen LogP contribution is 2.28. The molecule has 0 spiro atoms. The molecule has 0 radical (unpaired) electrons. The summed E-state index contributed by atoms with van der Waals surface area (Å²) in [6.45, 7) is 3.02. The second kappa shape index (κ2) is 9.77. The van der Waals surface area contributed by atoms with Gasteiger partial charge in [-0.15, -0.1) is 5.10 Å². The van der Waals surface area contributed by atoms with Crippen LogP contribution in [-0.2, 0) is 13.2 Å². The van der Waals surface area contributed by atoms with Crippen molar-refractivity contribution in [1.29, 1.82) is 0 Å². The third-order valence-electron chi connectivity index (χ3n) is 4.75. The van der Waals surface area contributed by atoms with E-state index in [4.69, 9.17) is 4.74 Å². The summed E-state index contributed by atoms with van der Waals surface area (Å²) >= 11 is 0. The number of aromatic nitrogens is 5. The van der Waals surface area contributed by atoms with E-state index in [2.05, 4.69) is 20.4 Å². The number of pyridine rings is 2. The molecule has 3 rings (SSSR count). The molecule has 0 saturated carbocycles. The first-order chi connectivity index (χ1) is 16.4. The maximum atomic E-state index is 15.0. The molecular weight excluding hydrogens is 483 g/mol. The van der Waals surface area contributed by atoms with Crippen molar-refractivity contribution in [3.8, 4) is 11.7 Å². The molecule has 0 unspecified atom stereocenters. The molecule has 188 valence electrons. The van der Waals surface area contributed by atoms with Crippen molar-refractivity contribution in [2.24, 2.45) is 0 Å². The first kappa shape index (κ1) is 25.7. The average Bonchev–Trinajstić information content (AvgIpc) is 3.11. The molecule has 1 atom stereocenters. The molecular formula is C20H19F5N6O4. The summed E-state index contributed by atoms with van der Waals surface area (Å²) in [7, 11) is 0. The zero-order chi connectivity index (χ0) is 26.1. The fourth-order valence-electron chi connectivity index (χ4n) is 2.94. The van der Waals surface area contributed by atoms with Gasteiger partial charge in [0.05, 0.1) is 11.9 Å². The minimum atomic E-state index is -4.89. The highest BCUT2D eigenvalue weighted by Gasteiger charge is 2.39. The molecule has 3 heterocycles. The minimum absolute atomic E-state index is 0.0439. The summed E-state index contributed by atoms with van der Waals surface area (Å²) in [5, 5.41) is 15.2. The lowest BCUT2D eigenvalue weighted by molar-refractivity contribution is -0.190. The minimum Gasteiger partial charge on any atom is -0.464 e.